The molecular weight excluding hydrogens is 940 g/mol. The molecule has 0 bridgehead atoms. The number of unbranched alkanes of at least 4 members (excludes halogenated alkanes) is 10. The molecule has 6 rings (SSSR count). The highest BCUT2D eigenvalue weighted by Gasteiger charge is 2.16. The van der Waals surface area contributed by atoms with Gasteiger partial charge in [0.2, 0.25) is 0 Å². The molecule has 0 aromatic heterocycles. The maximum atomic E-state index is 13.2. The van der Waals surface area contributed by atoms with E-state index < -0.39 is 17.9 Å². The van der Waals surface area contributed by atoms with E-state index in [1.807, 2.05) is 0 Å². The molecule has 0 spiro atoms. The van der Waals surface area contributed by atoms with E-state index in [4.69, 9.17) is 51.6 Å². The number of nitrogens with zero attached hydrogens (tertiary/aromatic N) is 2. The van der Waals surface area contributed by atoms with Crippen LogP contribution in [0, 0.1) is 0 Å². The van der Waals surface area contributed by atoms with Crippen molar-refractivity contribution in [3.63, 3.8) is 0 Å². The predicted octanol–water partition coefficient (Wildman–Crippen LogP) is 15.6. The van der Waals surface area contributed by atoms with E-state index in [1.165, 1.54) is 58.5 Å². The molecule has 0 amide bonds. The van der Waals surface area contributed by atoms with Crippen molar-refractivity contribution >= 4 is 64.9 Å². The number of aliphatic imine (C=N–C) groups is 2. The van der Waals surface area contributed by atoms with Crippen molar-refractivity contribution < 1.29 is 42.8 Å². The van der Waals surface area contributed by atoms with Gasteiger partial charge in [-0.15, -0.1) is 0 Å². The van der Waals surface area contributed by atoms with Crippen LogP contribution < -0.4 is 28.4 Å². The van der Waals surface area contributed by atoms with Crippen molar-refractivity contribution in [2.75, 3.05) is 20.3 Å². The second kappa shape index (κ2) is 28.6. The second-order valence-electron chi connectivity index (χ2n) is 16.7. The maximum absolute atomic E-state index is 13.2. The van der Waals surface area contributed by atoms with E-state index in [2.05, 4.69) is 23.8 Å². The van der Waals surface area contributed by atoms with Crippen LogP contribution in [0.1, 0.15) is 133 Å². The van der Waals surface area contributed by atoms with Gasteiger partial charge in [0.1, 0.15) is 23.0 Å². The molecule has 0 fully saturated rings. The Hall–Kier alpha value is -6.95. The van der Waals surface area contributed by atoms with Gasteiger partial charge in [-0.3, -0.25) is 9.98 Å². The number of methoxy groups -OCH3 is 1. The van der Waals surface area contributed by atoms with E-state index in [1.54, 1.807) is 140 Å². The lowest BCUT2D eigenvalue weighted by Crippen LogP contribution is -2.09. The van der Waals surface area contributed by atoms with E-state index in [9.17, 15) is 14.4 Å². The zero-order valence-electron chi connectivity index (χ0n) is 40.5. The van der Waals surface area contributed by atoms with Crippen LogP contribution in [0.15, 0.2) is 137 Å². The van der Waals surface area contributed by atoms with Gasteiger partial charge in [0.15, 0.2) is 11.5 Å². The lowest BCUT2D eigenvalue weighted by molar-refractivity contribution is 0.0722. The minimum atomic E-state index is -0.582. The van der Waals surface area contributed by atoms with Crippen LogP contribution in [-0.4, -0.2) is 50.7 Å². The van der Waals surface area contributed by atoms with Gasteiger partial charge in [-0.1, -0.05) is 113 Å². The lowest BCUT2D eigenvalue weighted by Gasteiger charge is -2.10. The highest BCUT2D eigenvalue weighted by Crippen LogP contribution is 2.31. The molecule has 0 aliphatic rings. The molecular formula is C58H60Cl2N2O9. The molecule has 13 heteroatoms. The van der Waals surface area contributed by atoms with Crippen molar-refractivity contribution in [2.24, 2.45) is 9.98 Å². The number of carbonyl (C=O) groups excluding carboxylic acids is 3. The summed E-state index contributed by atoms with van der Waals surface area (Å²) in [5, 5.41) is 0.702. The highest BCUT2D eigenvalue weighted by molar-refractivity contribution is 6.32. The van der Waals surface area contributed by atoms with Gasteiger partial charge in [-0.25, -0.2) is 14.4 Å². The zero-order chi connectivity index (χ0) is 50.2. The largest absolute Gasteiger partial charge is 0.493 e. The van der Waals surface area contributed by atoms with E-state index in [0.717, 1.165) is 31.2 Å². The van der Waals surface area contributed by atoms with Gasteiger partial charge < -0.3 is 28.4 Å². The number of benzene rings is 6. The summed E-state index contributed by atoms with van der Waals surface area (Å²) in [7, 11) is 1.49. The van der Waals surface area contributed by atoms with Crippen molar-refractivity contribution in [1.82, 2.24) is 0 Å². The van der Waals surface area contributed by atoms with Gasteiger partial charge in [-0.05, 0) is 139 Å². The molecule has 370 valence electrons. The Labute approximate surface area is 426 Å². The Balaban J connectivity index is 0.953. The first kappa shape index (κ1) is 53.4. The van der Waals surface area contributed by atoms with Crippen LogP contribution in [0.3, 0.4) is 0 Å². The van der Waals surface area contributed by atoms with E-state index in [0.29, 0.717) is 85.6 Å². The van der Waals surface area contributed by atoms with Crippen LogP contribution in [0.4, 0.5) is 11.4 Å². The van der Waals surface area contributed by atoms with Crippen LogP contribution >= 0.6 is 23.2 Å². The Morgan fingerprint density at radius 2 is 0.845 bits per heavy atom. The third-order valence-electron chi connectivity index (χ3n) is 11.2. The van der Waals surface area contributed by atoms with Gasteiger partial charge in [0.25, 0.3) is 0 Å². The average Bonchev–Trinajstić information content (AvgIpc) is 3.38. The third kappa shape index (κ3) is 17.4. The molecule has 71 heavy (non-hydrogen) atoms. The minimum Gasteiger partial charge on any atom is -0.493 e. The molecule has 0 atom stereocenters. The number of halogens is 2. The molecule has 0 saturated heterocycles. The quantitative estimate of drug-likeness (QED) is 0.0214. The normalized spacial score (nSPS) is 11.2. The number of ether oxygens (including phenoxy) is 6. The Bertz CT molecular complexity index is 2720. The molecule has 6 aromatic carbocycles. The Morgan fingerprint density at radius 1 is 0.437 bits per heavy atom. The SMILES string of the molecule is CCCCCCCCOc1ccc(C(=O)Oc2ccc(N=Cc3ccc(C(=O)Oc4cc(C=Nc5ccc(OC(=O)c6ccc(OCCCCCCCC)c(Cl)c6)cc5)ccc4OC)cc3)cc2)cc1Cl. The number of hydrogen-bond donors (Lipinski definition) is 0. The standard InChI is InChI=1S/C58H60Cl2N2O9/c1-4-6-8-10-12-14-34-67-52-32-21-44(37-50(52)59)57(64)69-48-27-23-46(24-28-48)61-39-41-16-19-43(20-17-41)56(63)71-55-36-42(18-31-54(55)66-3)40-62-47-25-29-49(30-26-47)70-58(65)45-22-33-53(51(60)38-45)68-35-15-13-11-9-7-5-2/h16-33,36-40H,4-15,34-35H2,1-3H3. The molecule has 0 heterocycles. The molecule has 6 aromatic rings. The summed E-state index contributed by atoms with van der Waals surface area (Å²) in [4.78, 5) is 48.1. The molecule has 11 nitrogen and oxygen atoms in total. The van der Waals surface area contributed by atoms with E-state index in [-0.39, 0.29) is 5.75 Å². The van der Waals surface area contributed by atoms with Crippen molar-refractivity contribution in [3.8, 4) is 34.5 Å². The molecule has 0 aliphatic heterocycles. The first-order valence-corrected chi connectivity index (χ1v) is 25.0. The predicted molar refractivity (Wildman–Crippen MR) is 282 cm³/mol. The number of carbonyl (C=O) groups is 3. The Morgan fingerprint density at radius 3 is 1.31 bits per heavy atom. The molecule has 0 aliphatic carbocycles. The van der Waals surface area contributed by atoms with Crippen molar-refractivity contribution in [1.29, 1.82) is 0 Å². The lowest BCUT2D eigenvalue weighted by atomic mass is 10.1. The fraction of sp³-hybridized carbons (Fsp3) is 0.293. The average molecular weight is 1000 g/mol. The summed E-state index contributed by atoms with van der Waals surface area (Å²) >= 11 is 12.8. The smallest absolute Gasteiger partial charge is 0.343 e. The van der Waals surface area contributed by atoms with Crippen molar-refractivity contribution in [3.05, 3.63) is 165 Å². The van der Waals surface area contributed by atoms with Crippen LogP contribution in [0.5, 0.6) is 34.5 Å². The van der Waals surface area contributed by atoms with Crippen molar-refractivity contribution in [2.45, 2.75) is 90.9 Å². The van der Waals surface area contributed by atoms with Gasteiger partial charge in [0.05, 0.1) is 58.4 Å². The fourth-order valence-corrected chi connectivity index (χ4v) is 7.64. The molecule has 0 unspecified atom stereocenters. The number of esters is 3. The second-order valence-corrected chi connectivity index (χ2v) is 17.5. The monoisotopic (exact) mass is 998 g/mol. The topological polar surface area (TPSA) is 131 Å². The highest BCUT2D eigenvalue weighted by atomic mass is 35.5. The van der Waals surface area contributed by atoms with Gasteiger partial charge >= 0.3 is 17.9 Å². The summed E-state index contributed by atoms with van der Waals surface area (Å²) in [5.74, 6) is 0.678. The summed E-state index contributed by atoms with van der Waals surface area (Å²) in [6.07, 6.45) is 17.2. The minimum absolute atomic E-state index is 0.214. The van der Waals surface area contributed by atoms with Crippen LogP contribution in [0.25, 0.3) is 0 Å². The summed E-state index contributed by atoms with van der Waals surface area (Å²) in [6, 6.07) is 35.1. The molecule has 0 radical (unpaired) electrons. The Kier molecular flexibility index (Phi) is 21.5. The first-order valence-electron chi connectivity index (χ1n) is 24.2. The van der Waals surface area contributed by atoms with Crippen LogP contribution in [0.2, 0.25) is 10.0 Å². The van der Waals surface area contributed by atoms with Gasteiger partial charge in [-0.2, -0.15) is 0 Å². The summed E-state index contributed by atoms with van der Waals surface area (Å²) in [5.41, 5.74) is 3.56. The molecule has 0 N–H and O–H groups in total. The van der Waals surface area contributed by atoms with Crippen LogP contribution in [-0.2, 0) is 0 Å². The third-order valence-corrected chi connectivity index (χ3v) is 11.8. The van der Waals surface area contributed by atoms with Gasteiger partial charge in [0, 0.05) is 12.4 Å². The summed E-state index contributed by atoms with van der Waals surface area (Å²) in [6.45, 7) is 5.54. The number of hydrogen-bond acceptors (Lipinski definition) is 11. The maximum Gasteiger partial charge on any atom is 0.343 e. The van der Waals surface area contributed by atoms with E-state index >= 15 is 0 Å². The zero-order valence-corrected chi connectivity index (χ0v) is 42.0. The molecule has 0 saturated carbocycles. The summed E-state index contributed by atoms with van der Waals surface area (Å²) < 4.78 is 34.0. The fourth-order valence-electron chi connectivity index (χ4n) is 7.17. The number of rotatable bonds is 27. The first-order chi connectivity index (χ1) is 34.6.